The van der Waals surface area contributed by atoms with E-state index in [0.29, 0.717) is 54.6 Å². The van der Waals surface area contributed by atoms with Crippen LogP contribution in [0.15, 0.2) is 42.5 Å². The third-order valence-electron chi connectivity index (χ3n) is 5.82. The summed E-state index contributed by atoms with van der Waals surface area (Å²) in [4.78, 5) is 15.3. The molecule has 8 heteroatoms. The summed E-state index contributed by atoms with van der Waals surface area (Å²) in [7, 11) is 1.60. The van der Waals surface area contributed by atoms with Gasteiger partial charge in [0.1, 0.15) is 17.1 Å². The van der Waals surface area contributed by atoms with E-state index in [9.17, 15) is 9.90 Å². The van der Waals surface area contributed by atoms with E-state index in [2.05, 4.69) is 10.2 Å². The molecule has 1 aromatic heterocycles. The summed E-state index contributed by atoms with van der Waals surface area (Å²) in [6, 6.07) is 12.3. The van der Waals surface area contributed by atoms with Crippen molar-refractivity contribution in [2.45, 2.75) is 39.3 Å². The lowest BCUT2D eigenvalue weighted by atomic mass is 9.95. The van der Waals surface area contributed by atoms with E-state index >= 15 is 0 Å². The van der Waals surface area contributed by atoms with Gasteiger partial charge in [-0.05, 0) is 57.0 Å². The van der Waals surface area contributed by atoms with Crippen LogP contribution >= 0.6 is 0 Å². The highest BCUT2D eigenvalue weighted by Gasteiger charge is 2.42. The number of methoxy groups -OCH3 is 1. The maximum atomic E-state index is 13.5. The van der Waals surface area contributed by atoms with Crippen molar-refractivity contribution in [2.24, 2.45) is 0 Å². The van der Waals surface area contributed by atoms with Gasteiger partial charge in [-0.1, -0.05) is 18.2 Å². The number of fused-ring (bicyclic) bond motifs is 1. The summed E-state index contributed by atoms with van der Waals surface area (Å²) in [5.41, 5.74) is 3.17. The van der Waals surface area contributed by atoms with Crippen molar-refractivity contribution < 1.29 is 24.1 Å². The maximum absolute atomic E-state index is 13.5. The average molecular weight is 466 g/mol. The summed E-state index contributed by atoms with van der Waals surface area (Å²) in [5.74, 6) is 1.21. The van der Waals surface area contributed by atoms with Gasteiger partial charge in [0.25, 0.3) is 5.91 Å². The van der Waals surface area contributed by atoms with E-state index in [1.165, 1.54) is 0 Å². The molecule has 1 aliphatic heterocycles. The molecule has 34 heavy (non-hydrogen) atoms. The van der Waals surface area contributed by atoms with Gasteiger partial charge in [-0.25, -0.2) is 0 Å². The van der Waals surface area contributed by atoms with Gasteiger partial charge in [0.15, 0.2) is 11.5 Å². The molecule has 0 spiro atoms. The fourth-order valence-corrected chi connectivity index (χ4v) is 4.34. The van der Waals surface area contributed by atoms with Gasteiger partial charge >= 0.3 is 0 Å². The van der Waals surface area contributed by atoms with E-state index in [1.54, 1.807) is 25.3 Å². The number of phenolic OH excluding ortho intramolecular Hbond substituents is 1. The number of carbonyl (C=O) groups excluding carboxylic acids is 1. The number of nitrogens with one attached hydrogen (secondary N) is 1. The van der Waals surface area contributed by atoms with Crippen LogP contribution in [0.25, 0.3) is 11.3 Å². The number of carbonyl (C=O) groups is 1. The number of ether oxygens (including phenoxy) is 3. The summed E-state index contributed by atoms with van der Waals surface area (Å²) in [6.07, 6.45) is 0.822. The first kappa shape index (κ1) is 23.6. The second kappa shape index (κ2) is 10.2. The van der Waals surface area contributed by atoms with E-state index in [4.69, 9.17) is 14.2 Å². The third-order valence-corrected chi connectivity index (χ3v) is 5.82. The van der Waals surface area contributed by atoms with Crippen molar-refractivity contribution in [3.8, 4) is 28.5 Å². The van der Waals surface area contributed by atoms with E-state index in [-0.39, 0.29) is 17.8 Å². The van der Waals surface area contributed by atoms with Crippen LogP contribution in [-0.2, 0) is 4.74 Å². The molecule has 4 rings (SSSR count). The zero-order valence-corrected chi connectivity index (χ0v) is 20.0. The maximum Gasteiger partial charge on any atom is 0.273 e. The van der Waals surface area contributed by atoms with Crippen molar-refractivity contribution in [1.82, 2.24) is 15.1 Å². The predicted octanol–water partition coefficient (Wildman–Crippen LogP) is 4.55. The number of H-pyrrole nitrogens is 1. The molecular formula is C26H31N3O5. The largest absolute Gasteiger partial charge is 0.507 e. The normalized spacial score (nSPS) is 15.1. The first-order valence-electron chi connectivity index (χ1n) is 11.6. The number of hydrogen-bond donors (Lipinski definition) is 2. The predicted molar refractivity (Wildman–Crippen MR) is 128 cm³/mol. The highest BCUT2D eigenvalue weighted by atomic mass is 16.5. The number of benzene rings is 2. The second-order valence-electron chi connectivity index (χ2n) is 8.40. The van der Waals surface area contributed by atoms with Crippen LogP contribution in [0.4, 0.5) is 0 Å². The highest BCUT2D eigenvalue weighted by Crippen LogP contribution is 2.45. The summed E-state index contributed by atoms with van der Waals surface area (Å²) >= 11 is 0. The number of aromatic hydroxyl groups is 1. The molecule has 1 atom stereocenters. The molecule has 0 bridgehead atoms. The lowest BCUT2D eigenvalue weighted by Crippen LogP contribution is -2.31. The SMILES string of the molecule is CCOc1ccc([C@@H]2c3c(-c4ccccc4O)n[nH]c3C(=O)N2CCCOC(C)C)cc1OC. The van der Waals surface area contributed by atoms with Crippen molar-refractivity contribution >= 4 is 5.91 Å². The molecule has 0 radical (unpaired) electrons. The fourth-order valence-electron chi connectivity index (χ4n) is 4.34. The van der Waals surface area contributed by atoms with Crippen LogP contribution in [0.5, 0.6) is 17.2 Å². The van der Waals surface area contributed by atoms with Crippen molar-refractivity contribution in [1.29, 1.82) is 0 Å². The zero-order valence-electron chi connectivity index (χ0n) is 20.0. The minimum atomic E-state index is -0.403. The Balaban J connectivity index is 1.78. The van der Waals surface area contributed by atoms with Gasteiger partial charge in [0, 0.05) is 24.3 Å². The lowest BCUT2D eigenvalue weighted by Gasteiger charge is -2.27. The second-order valence-corrected chi connectivity index (χ2v) is 8.40. The molecule has 2 N–H and O–H groups in total. The lowest BCUT2D eigenvalue weighted by molar-refractivity contribution is 0.0601. The average Bonchev–Trinajstić information content (AvgIpc) is 3.36. The monoisotopic (exact) mass is 465 g/mol. The number of aromatic nitrogens is 2. The Hall–Kier alpha value is -3.52. The van der Waals surface area contributed by atoms with Gasteiger partial charge in [0.05, 0.1) is 25.9 Å². The van der Waals surface area contributed by atoms with Gasteiger partial charge < -0.3 is 24.2 Å². The van der Waals surface area contributed by atoms with Crippen LogP contribution in [-0.4, -0.2) is 59.1 Å². The number of nitrogens with zero attached hydrogens (tertiary/aromatic N) is 2. The van der Waals surface area contributed by atoms with Gasteiger partial charge in [0.2, 0.25) is 0 Å². The molecule has 3 aromatic rings. The van der Waals surface area contributed by atoms with Gasteiger partial charge in [-0.15, -0.1) is 0 Å². The molecule has 8 nitrogen and oxygen atoms in total. The third kappa shape index (κ3) is 4.46. The molecule has 0 saturated heterocycles. The molecule has 2 aromatic carbocycles. The summed E-state index contributed by atoms with van der Waals surface area (Å²) < 4.78 is 17.0. The zero-order chi connectivity index (χ0) is 24.2. The van der Waals surface area contributed by atoms with Crippen LogP contribution < -0.4 is 9.47 Å². The van der Waals surface area contributed by atoms with E-state index in [0.717, 1.165) is 11.1 Å². The Morgan fingerprint density at radius 2 is 1.97 bits per heavy atom. The number of phenols is 1. The van der Waals surface area contributed by atoms with Gasteiger partial charge in [-0.2, -0.15) is 5.10 Å². The van der Waals surface area contributed by atoms with Crippen molar-refractivity contribution in [3.63, 3.8) is 0 Å². The Bertz CT molecular complexity index is 1160. The topological polar surface area (TPSA) is 96.9 Å². The smallest absolute Gasteiger partial charge is 0.273 e. The number of amides is 1. The highest BCUT2D eigenvalue weighted by molar-refractivity contribution is 6.00. The molecular weight excluding hydrogens is 434 g/mol. The molecule has 2 heterocycles. The molecule has 0 saturated carbocycles. The number of aromatic amines is 1. The van der Waals surface area contributed by atoms with Gasteiger partial charge in [-0.3, -0.25) is 9.89 Å². The number of rotatable bonds is 10. The molecule has 180 valence electrons. The number of para-hydroxylation sites is 1. The minimum absolute atomic E-state index is 0.107. The van der Waals surface area contributed by atoms with E-state index in [1.807, 2.05) is 49.9 Å². The van der Waals surface area contributed by atoms with Crippen LogP contribution in [0.3, 0.4) is 0 Å². The summed E-state index contributed by atoms with van der Waals surface area (Å²) in [6.45, 7) is 7.48. The van der Waals surface area contributed by atoms with Crippen LogP contribution in [0, 0.1) is 0 Å². The summed E-state index contributed by atoms with van der Waals surface area (Å²) in [5, 5.41) is 17.8. The van der Waals surface area contributed by atoms with Crippen molar-refractivity contribution in [2.75, 3.05) is 26.9 Å². The van der Waals surface area contributed by atoms with Crippen LogP contribution in [0.2, 0.25) is 0 Å². The molecule has 0 fully saturated rings. The van der Waals surface area contributed by atoms with Crippen LogP contribution in [0.1, 0.15) is 54.8 Å². The Morgan fingerprint density at radius 1 is 1.18 bits per heavy atom. The molecule has 0 aliphatic carbocycles. The molecule has 0 unspecified atom stereocenters. The van der Waals surface area contributed by atoms with Crippen molar-refractivity contribution in [3.05, 3.63) is 59.3 Å². The first-order chi connectivity index (χ1) is 16.5. The number of hydrogen-bond acceptors (Lipinski definition) is 6. The standard InChI is InChI=1S/C26H31N3O5/c1-5-33-20-12-11-17(15-21(20)32-4)25-22-23(18-9-6-7-10-19(18)30)27-28-24(22)26(31)29(25)13-8-14-34-16(2)3/h6-7,9-12,15-16,25,30H,5,8,13-14H2,1-4H3,(H,27,28)/t25-/m1/s1. The minimum Gasteiger partial charge on any atom is -0.507 e. The fraction of sp³-hybridized carbons (Fsp3) is 0.385. The molecule has 1 amide bonds. The Labute approximate surface area is 199 Å². The first-order valence-corrected chi connectivity index (χ1v) is 11.6. The van der Waals surface area contributed by atoms with E-state index < -0.39 is 6.04 Å². The molecule has 1 aliphatic rings. The quantitative estimate of drug-likeness (QED) is 0.427. The Kier molecular flexibility index (Phi) is 7.07. The Morgan fingerprint density at radius 3 is 2.68 bits per heavy atom.